The predicted octanol–water partition coefficient (Wildman–Crippen LogP) is 2.08. The van der Waals surface area contributed by atoms with Crippen LogP contribution < -0.4 is 0 Å². The Hall–Kier alpha value is -2.18. The standard InChI is InChI=1S/C17H22O6/c1-4-6-7-8-9-14-15(12-21-13(3)22-14)23-17(19)11-10-16(18)20-5-2/h4,6-11,13-15H,1,5,12H2,2-3H3/b7-6+,9-8+,11-10+/t13-,14+,15-/m1/s1. The maximum Gasteiger partial charge on any atom is 0.331 e. The largest absolute Gasteiger partial charge is 0.463 e. The lowest BCUT2D eigenvalue weighted by Gasteiger charge is -2.32. The van der Waals surface area contributed by atoms with E-state index in [0.717, 1.165) is 12.2 Å². The second-order valence-corrected chi connectivity index (χ2v) is 4.57. The zero-order chi connectivity index (χ0) is 17.1. The SMILES string of the molecule is C=C/C=C/C=C/[C@@H]1O[C@H](C)OC[C@H]1OC(=O)/C=C/C(=O)OCC. The van der Waals surface area contributed by atoms with Crippen LogP contribution in [0.5, 0.6) is 0 Å². The van der Waals surface area contributed by atoms with Crippen LogP contribution in [0.4, 0.5) is 0 Å². The molecule has 1 saturated heterocycles. The molecule has 0 aromatic rings. The van der Waals surface area contributed by atoms with Crippen molar-refractivity contribution in [2.75, 3.05) is 13.2 Å². The van der Waals surface area contributed by atoms with Crippen LogP contribution in [0.25, 0.3) is 0 Å². The second-order valence-electron chi connectivity index (χ2n) is 4.57. The van der Waals surface area contributed by atoms with Crippen LogP contribution in [0.1, 0.15) is 13.8 Å². The molecule has 1 rings (SSSR count). The average molecular weight is 322 g/mol. The van der Waals surface area contributed by atoms with Crippen LogP contribution in [0.3, 0.4) is 0 Å². The van der Waals surface area contributed by atoms with Gasteiger partial charge in [-0.2, -0.15) is 0 Å². The van der Waals surface area contributed by atoms with Gasteiger partial charge in [-0.25, -0.2) is 9.59 Å². The molecule has 23 heavy (non-hydrogen) atoms. The molecular formula is C17H22O6. The molecule has 0 aromatic heterocycles. The highest BCUT2D eigenvalue weighted by Crippen LogP contribution is 2.17. The third kappa shape index (κ3) is 7.58. The van der Waals surface area contributed by atoms with E-state index in [-0.39, 0.29) is 13.2 Å². The minimum atomic E-state index is -0.662. The molecule has 0 N–H and O–H groups in total. The smallest absolute Gasteiger partial charge is 0.331 e. The molecule has 126 valence electrons. The quantitative estimate of drug-likeness (QED) is 0.406. The number of hydrogen-bond acceptors (Lipinski definition) is 6. The zero-order valence-corrected chi connectivity index (χ0v) is 13.3. The third-order valence-corrected chi connectivity index (χ3v) is 2.78. The van der Waals surface area contributed by atoms with E-state index in [4.69, 9.17) is 14.2 Å². The number of hydrogen-bond donors (Lipinski definition) is 0. The fourth-order valence-electron chi connectivity index (χ4n) is 1.78. The number of esters is 2. The van der Waals surface area contributed by atoms with Gasteiger partial charge in [0.2, 0.25) is 0 Å². The second kappa shape index (κ2) is 10.5. The summed E-state index contributed by atoms with van der Waals surface area (Å²) in [5.74, 6) is -1.26. The van der Waals surface area contributed by atoms with Gasteiger partial charge in [0.25, 0.3) is 0 Å². The first kappa shape index (κ1) is 18.9. The molecule has 3 atom stereocenters. The number of carbonyl (C=O) groups is 2. The molecule has 1 fully saturated rings. The molecule has 0 amide bonds. The lowest BCUT2D eigenvalue weighted by Crippen LogP contribution is -2.44. The van der Waals surface area contributed by atoms with Gasteiger partial charge in [0.1, 0.15) is 6.10 Å². The minimum Gasteiger partial charge on any atom is -0.463 e. The van der Waals surface area contributed by atoms with Gasteiger partial charge in [0.05, 0.1) is 13.2 Å². The average Bonchev–Trinajstić information content (AvgIpc) is 2.52. The first-order chi connectivity index (χ1) is 11.1. The predicted molar refractivity (Wildman–Crippen MR) is 84.4 cm³/mol. The Morgan fingerprint density at radius 1 is 1.22 bits per heavy atom. The number of allylic oxidation sites excluding steroid dienone is 4. The molecule has 0 spiro atoms. The lowest BCUT2D eigenvalue weighted by molar-refractivity contribution is -0.237. The van der Waals surface area contributed by atoms with E-state index < -0.39 is 30.4 Å². The van der Waals surface area contributed by atoms with Crippen molar-refractivity contribution in [3.63, 3.8) is 0 Å². The molecule has 6 nitrogen and oxygen atoms in total. The van der Waals surface area contributed by atoms with Gasteiger partial charge in [0, 0.05) is 12.2 Å². The van der Waals surface area contributed by atoms with E-state index >= 15 is 0 Å². The van der Waals surface area contributed by atoms with Crippen molar-refractivity contribution in [3.8, 4) is 0 Å². The Labute approximate surface area is 136 Å². The minimum absolute atomic E-state index is 0.209. The number of rotatable bonds is 7. The highest BCUT2D eigenvalue weighted by atomic mass is 16.7. The highest BCUT2D eigenvalue weighted by molar-refractivity contribution is 5.91. The number of carbonyl (C=O) groups excluding carboxylic acids is 2. The summed E-state index contributed by atoms with van der Waals surface area (Å²) in [4.78, 5) is 22.9. The Balaban J connectivity index is 2.61. The Morgan fingerprint density at radius 2 is 1.96 bits per heavy atom. The van der Waals surface area contributed by atoms with Crippen molar-refractivity contribution in [1.29, 1.82) is 0 Å². The van der Waals surface area contributed by atoms with E-state index in [9.17, 15) is 9.59 Å². The molecule has 0 saturated carbocycles. The molecular weight excluding hydrogens is 300 g/mol. The summed E-state index contributed by atoms with van der Waals surface area (Å²) >= 11 is 0. The molecule has 0 radical (unpaired) electrons. The van der Waals surface area contributed by atoms with Crippen molar-refractivity contribution < 1.29 is 28.5 Å². The Bertz CT molecular complexity index is 491. The van der Waals surface area contributed by atoms with E-state index in [1.54, 1.807) is 44.2 Å². The summed E-state index contributed by atoms with van der Waals surface area (Å²) in [5, 5.41) is 0. The molecule has 0 unspecified atom stereocenters. The summed E-state index contributed by atoms with van der Waals surface area (Å²) in [5.41, 5.74) is 0. The van der Waals surface area contributed by atoms with Crippen LogP contribution in [0.2, 0.25) is 0 Å². The topological polar surface area (TPSA) is 71.1 Å². The molecule has 1 heterocycles. The first-order valence-electron chi connectivity index (χ1n) is 7.35. The van der Waals surface area contributed by atoms with Crippen molar-refractivity contribution >= 4 is 11.9 Å². The lowest BCUT2D eigenvalue weighted by atomic mass is 10.1. The van der Waals surface area contributed by atoms with Gasteiger partial charge < -0.3 is 18.9 Å². The van der Waals surface area contributed by atoms with Crippen molar-refractivity contribution in [3.05, 3.63) is 49.1 Å². The monoisotopic (exact) mass is 322 g/mol. The maximum absolute atomic E-state index is 11.7. The molecule has 0 aliphatic carbocycles. The normalized spacial score (nSPS) is 25.0. The van der Waals surface area contributed by atoms with Crippen molar-refractivity contribution in [2.24, 2.45) is 0 Å². The van der Waals surface area contributed by atoms with Gasteiger partial charge in [-0.15, -0.1) is 0 Å². The summed E-state index contributed by atoms with van der Waals surface area (Å²) < 4.78 is 20.9. The van der Waals surface area contributed by atoms with E-state index in [2.05, 4.69) is 11.3 Å². The summed E-state index contributed by atoms with van der Waals surface area (Å²) in [7, 11) is 0. The van der Waals surface area contributed by atoms with Crippen LogP contribution in [0, 0.1) is 0 Å². The van der Waals surface area contributed by atoms with E-state index in [1.165, 1.54) is 0 Å². The van der Waals surface area contributed by atoms with Gasteiger partial charge in [-0.1, -0.05) is 37.0 Å². The number of ether oxygens (including phenoxy) is 4. The zero-order valence-electron chi connectivity index (χ0n) is 13.3. The Kier molecular flexibility index (Phi) is 8.64. The highest BCUT2D eigenvalue weighted by Gasteiger charge is 2.30. The molecule has 0 bridgehead atoms. The van der Waals surface area contributed by atoms with Crippen LogP contribution in [-0.4, -0.2) is 43.7 Å². The summed E-state index contributed by atoms with van der Waals surface area (Å²) in [6.45, 7) is 7.47. The summed E-state index contributed by atoms with van der Waals surface area (Å²) in [6.07, 6.45) is 9.37. The van der Waals surface area contributed by atoms with Gasteiger partial charge >= 0.3 is 11.9 Å². The van der Waals surface area contributed by atoms with Crippen LogP contribution >= 0.6 is 0 Å². The van der Waals surface area contributed by atoms with Crippen molar-refractivity contribution in [1.82, 2.24) is 0 Å². The fraction of sp³-hybridized carbons (Fsp3) is 0.412. The molecule has 1 aliphatic heterocycles. The Morgan fingerprint density at radius 3 is 2.65 bits per heavy atom. The van der Waals surface area contributed by atoms with Crippen molar-refractivity contribution in [2.45, 2.75) is 32.3 Å². The molecule has 0 aromatic carbocycles. The van der Waals surface area contributed by atoms with Crippen LogP contribution in [0.15, 0.2) is 49.1 Å². The van der Waals surface area contributed by atoms with Crippen LogP contribution in [-0.2, 0) is 28.5 Å². The molecule has 6 heteroatoms. The first-order valence-corrected chi connectivity index (χ1v) is 7.35. The fourth-order valence-corrected chi connectivity index (χ4v) is 1.78. The summed E-state index contributed by atoms with van der Waals surface area (Å²) in [6, 6.07) is 0. The maximum atomic E-state index is 11.7. The third-order valence-electron chi connectivity index (χ3n) is 2.78. The van der Waals surface area contributed by atoms with Gasteiger partial charge in [-0.05, 0) is 13.8 Å². The van der Waals surface area contributed by atoms with Gasteiger partial charge in [0.15, 0.2) is 12.4 Å². The molecule has 1 aliphatic rings. The van der Waals surface area contributed by atoms with E-state index in [0.29, 0.717) is 0 Å². The van der Waals surface area contributed by atoms with Gasteiger partial charge in [-0.3, -0.25) is 0 Å². The van der Waals surface area contributed by atoms with E-state index in [1.807, 2.05) is 0 Å².